The molecular weight excluding hydrogens is 270 g/mol. The predicted molar refractivity (Wildman–Crippen MR) is 79.7 cm³/mol. The largest absolute Gasteiger partial charge is 0.491 e. The van der Waals surface area contributed by atoms with Crippen LogP contribution in [0, 0.1) is 0 Å². The average molecular weight is 287 g/mol. The molecule has 0 unspecified atom stereocenters. The van der Waals surface area contributed by atoms with Gasteiger partial charge in [-0.3, -0.25) is 9.59 Å². The molecule has 1 N–H and O–H groups in total. The van der Waals surface area contributed by atoms with E-state index in [4.69, 9.17) is 4.74 Å². The fraction of sp³-hybridized carbons (Fsp3) is 0.267. The molecule has 1 aromatic carbocycles. The van der Waals surface area contributed by atoms with Crippen molar-refractivity contribution in [3.63, 3.8) is 0 Å². The Labute approximate surface area is 122 Å². The lowest BCUT2D eigenvalue weighted by Gasteiger charge is -2.11. The van der Waals surface area contributed by atoms with Crippen LogP contribution in [0.5, 0.6) is 5.75 Å². The number of ether oxygens (including phenoxy) is 1. The van der Waals surface area contributed by atoms with Crippen molar-refractivity contribution in [2.75, 3.05) is 11.9 Å². The van der Waals surface area contributed by atoms with Crippen LogP contribution in [0.15, 0.2) is 41.2 Å². The highest BCUT2D eigenvalue weighted by atomic mass is 16.5. The Morgan fingerprint density at radius 1 is 1.29 bits per heavy atom. The van der Waals surface area contributed by atoms with Crippen LogP contribution in [0.25, 0.3) is 0 Å². The van der Waals surface area contributed by atoms with Gasteiger partial charge in [0.2, 0.25) is 0 Å². The van der Waals surface area contributed by atoms with Crippen LogP contribution in [0.2, 0.25) is 0 Å². The quantitative estimate of drug-likeness (QED) is 0.910. The standard InChI is InChI=1S/C15H17N3O3/c1-3-10-21-13-7-5-4-6-11(13)16-15(20)12-8-9-14(19)18(2)17-12/h4-9H,3,10H2,1-2H3,(H,16,20). The summed E-state index contributed by atoms with van der Waals surface area (Å²) in [4.78, 5) is 23.4. The number of nitrogens with one attached hydrogen (secondary N) is 1. The normalized spacial score (nSPS) is 10.2. The number of anilines is 1. The van der Waals surface area contributed by atoms with E-state index in [1.807, 2.05) is 19.1 Å². The van der Waals surface area contributed by atoms with E-state index in [1.165, 1.54) is 19.2 Å². The van der Waals surface area contributed by atoms with Gasteiger partial charge in [0.15, 0.2) is 0 Å². The van der Waals surface area contributed by atoms with Gasteiger partial charge in [-0.15, -0.1) is 0 Å². The first-order valence-corrected chi connectivity index (χ1v) is 6.69. The summed E-state index contributed by atoms with van der Waals surface area (Å²) in [5, 5.41) is 6.65. The smallest absolute Gasteiger partial charge is 0.276 e. The lowest BCUT2D eigenvalue weighted by molar-refractivity contribution is 0.101. The Kier molecular flexibility index (Phi) is 4.71. The number of nitrogens with zero attached hydrogens (tertiary/aromatic N) is 2. The maximum absolute atomic E-state index is 12.2. The molecule has 1 heterocycles. The summed E-state index contributed by atoms with van der Waals surface area (Å²) in [6.45, 7) is 2.58. The van der Waals surface area contributed by atoms with Gasteiger partial charge in [0.1, 0.15) is 11.4 Å². The Morgan fingerprint density at radius 3 is 2.76 bits per heavy atom. The summed E-state index contributed by atoms with van der Waals surface area (Å²) in [6.07, 6.45) is 0.880. The number of carbonyl (C=O) groups excluding carboxylic acids is 1. The molecule has 0 saturated carbocycles. The molecule has 21 heavy (non-hydrogen) atoms. The lowest BCUT2D eigenvalue weighted by atomic mass is 10.2. The van der Waals surface area contributed by atoms with E-state index >= 15 is 0 Å². The van der Waals surface area contributed by atoms with Crippen molar-refractivity contribution in [2.45, 2.75) is 13.3 Å². The van der Waals surface area contributed by atoms with Gasteiger partial charge >= 0.3 is 0 Å². The molecule has 0 spiro atoms. The van der Waals surface area contributed by atoms with E-state index in [-0.39, 0.29) is 11.3 Å². The molecule has 0 fully saturated rings. The molecule has 110 valence electrons. The number of benzene rings is 1. The molecule has 6 nitrogen and oxygen atoms in total. The van der Waals surface area contributed by atoms with Crippen LogP contribution in [0.4, 0.5) is 5.69 Å². The number of rotatable bonds is 5. The van der Waals surface area contributed by atoms with Crippen molar-refractivity contribution in [1.29, 1.82) is 0 Å². The SMILES string of the molecule is CCCOc1ccccc1NC(=O)c1ccc(=O)n(C)n1. The van der Waals surface area contributed by atoms with Crippen molar-refractivity contribution in [3.8, 4) is 5.75 Å². The fourth-order valence-corrected chi connectivity index (χ4v) is 1.72. The Balaban J connectivity index is 2.19. The molecule has 1 aromatic heterocycles. The third-order valence-electron chi connectivity index (χ3n) is 2.79. The third kappa shape index (κ3) is 3.68. The summed E-state index contributed by atoms with van der Waals surface area (Å²) < 4.78 is 6.70. The second kappa shape index (κ2) is 6.69. The van der Waals surface area contributed by atoms with Crippen molar-refractivity contribution in [1.82, 2.24) is 9.78 Å². The summed E-state index contributed by atoms with van der Waals surface area (Å²) >= 11 is 0. The lowest BCUT2D eigenvalue weighted by Crippen LogP contribution is -2.23. The summed E-state index contributed by atoms with van der Waals surface area (Å²) in [5.74, 6) is 0.218. The summed E-state index contributed by atoms with van der Waals surface area (Å²) in [7, 11) is 1.50. The van der Waals surface area contributed by atoms with Crippen LogP contribution in [-0.4, -0.2) is 22.3 Å². The van der Waals surface area contributed by atoms with Gasteiger partial charge < -0.3 is 10.1 Å². The fourth-order valence-electron chi connectivity index (χ4n) is 1.72. The van der Waals surface area contributed by atoms with Crippen molar-refractivity contribution in [2.24, 2.45) is 7.05 Å². The number of hydrogen-bond donors (Lipinski definition) is 1. The highest BCUT2D eigenvalue weighted by Crippen LogP contribution is 2.24. The van der Waals surface area contributed by atoms with Crippen molar-refractivity contribution in [3.05, 3.63) is 52.4 Å². The molecule has 2 aromatic rings. The first-order chi connectivity index (χ1) is 10.1. The van der Waals surface area contributed by atoms with E-state index in [9.17, 15) is 9.59 Å². The molecule has 0 aliphatic heterocycles. The molecule has 0 bridgehead atoms. The first kappa shape index (κ1) is 14.8. The molecular formula is C15H17N3O3. The van der Waals surface area contributed by atoms with Crippen LogP contribution in [-0.2, 0) is 7.05 Å². The van der Waals surface area contributed by atoms with Crippen LogP contribution >= 0.6 is 0 Å². The van der Waals surface area contributed by atoms with Gasteiger partial charge in [0, 0.05) is 13.1 Å². The van der Waals surface area contributed by atoms with Gasteiger partial charge in [-0.25, -0.2) is 4.68 Å². The summed E-state index contributed by atoms with van der Waals surface area (Å²) in [5.41, 5.74) is 0.479. The van der Waals surface area contributed by atoms with Crippen LogP contribution in [0.1, 0.15) is 23.8 Å². The van der Waals surface area contributed by atoms with E-state index in [2.05, 4.69) is 10.4 Å². The number of carbonyl (C=O) groups is 1. The van der Waals surface area contributed by atoms with Gasteiger partial charge in [-0.1, -0.05) is 19.1 Å². The summed E-state index contributed by atoms with van der Waals surface area (Å²) in [6, 6.07) is 9.90. The minimum Gasteiger partial charge on any atom is -0.491 e. The van der Waals surface area contributed by atoms with E-state index < -0.39 is 5.91 Å². The maximum atomic E-state index is 12.2. The monoisotopic (exact) mass is 287 g/mol. The predicted octanol–water partition coefficient (Wildman–Crippen LogP) is 1.82. The second-order valence-electron chi connectivity index (χ2n) is 4.48. The van der Waals surface area contributed by atoms with Crippen molar-refractivity contribution >= 4 is 11.6 Å². The van der Waals surface area contributed by atoms with E-state index in [1.54, 1.807) is 12.1 Å². The van der Waals surface area contributed by atoms with Gasteiger partial charge in [-0.2, -0.15) is 5.10 Å². The highest BCUT2D eigenvalue weighted by Gasteiger charge is 2.11. The third-order valence-corrected chi connectivity index (χ3v) is 2.79. The zero-order valence-electron chi connectivity index (χ0n) is 12.0. The number of amides is 1. The molecule has 2 rings (SSSR count). The van der Waals surface area contributed by atoms with Crippen LogP contribution < -0.4 is 15.6 Å². The molecule has 6 heteroatoms. The number of para-hydroxylation sites is 2. The second-order valence-corrected chi connectivity index (χ2v) is 4.48. The highest BCUT2D eigenvalue weighted by molar-refractivity contribution is 6.03. The molecule has 0 atom stereocenters. The van der Waals surface area contributed by atoms with Crippen LogP contribution in [0.3, 0.4) is 0 Å². The van der Waals surface area contributed by atoms with E-state index in [0.29, 0.717) is 18.0 Å². The Hall–Kier alpha value is -2.63. The molecule has 0 radical (unpaired) electrons. The van der Waals surface area contributed by atoms with Crippen molar-refractivity contribution < 1.29 is 9.53 Å². The maximum Gasteiger partial charge on any atom is 0.276 e. The minimum absolute atomic E-state index is 0.169. The Morgan fingerprint density at radius 2 is 2.05 bits per heavy atom. The van der Waals surface area contributed by atoms with Gasteiger partial charge in [0.05, 0.1) is 12.3 Å². The zero-order chi connectivity index (χ0) is 15.2. The zero-order valence-corrected chi connectivity index (χ0v) is 12.0. The number of hydrogen-bond acceptors (Lipinski definition) is 4. The average Bonchev–Trinajstić information content (AvgIpc) is 2.49. The molecule has 0 saturated heterocycles. The number of aromatic nitrogens is 2. The van der Waals surface area contributed by atoms with Gasteiger partial charge in [-0.05, 0) is 24.6 Å². The topological polar surface area (TPSA) is 73.2 Å². The number of aryl methyl sites for hydroxylation is 1. The molecule has 0 aliphatic rings. The van der Waals surface area contributed by atoms with Gasteiger partial charge in [0.25, 0.3) is 11.5 Å². The minimum atomic E-state index is -0.391. The first-order valence-electron chi connectivity index (χ1n) is 6.69. The molecule has 1 amide bonds. The van der Waals surface area contributed by atoms with E-state index in [0.717, 1.165) is 11.1 Å². The Bertz CT molecular complexity index is 695. The molecule has 0 aliphatic carbocycles.